The maximum absolute atomic E-state index is 14.1. The maximum Gasteiger partial charge on any atom is 0.345 e. The van der Waals surface area contributed by atoms with Crippen LogP contribution in [0.3, 0.4) is 0 Å². The van der Waals surface area contributed by atoms with Crippen molar-refractivity contribution in [1.82, 2.24) is 0 Å². The molecule has 0 aliphatic carbocycles. The molecule has 0 aliphatic rings. The molecule has 0 bridgehead atoms. The lowest BCUT2D eigenvalue weighted by Crippen LogP contribution is -2.18. The molecule has 31 heavy (non-hydrogen) atoms. The van der Waals surface area contributed by atoms with Crippen LogP contribution in [0.2, 0.25) is 0 Å². The number of carbonyl (C=O) groups is 1. The largest absolute Gasteiger partial charge is 0.497 e. The highest BCUT2D eigenvalue weighted by Gasteiger charge is 2.32. The van der Waals surface area contributed by atoms with E-state index in [4.69, 9.17) is 14.2 Å². The van der Waals surface area contributed by atoms with Gasteiger partial charge >= 0.3 is 5.97 Å². The molecule has 3 rings (SSSR count). The summed E-state index contributed by atoms with van der Waals surface area (Å²) in [5.41, 5.74) is -0.949. The molecule has 0 atom stereocenters. The van der Waals surface area contributed by atoms with Gasteiger partial charge in [-0.05, 0) is 35.4 Å². The summed E-state index contributed by atoms with van der Waals surface area (Å²) < 4.78 is 83.8. The standard InChI is InChI=1S/C22H15F5O4/c1-29-13-7-3-11(4-8-13)21(12-5-9-14(30-2)10-6-12)31-22(28)15-16(23)18(25)20(27)19(26)17(15)24/h3-10,21H,1-2H3. The quantitative estimate of drug-likeness (QED) is 0.225. The van der Waals surface area contributed by atoms with Gasteiger partial charge in [0, 0.05) is 0 Å². The molecule has 9 heteroatoms. The molecule has 0 amide bonds. The van der Waals surface area contributed by atoms with E-state index in [1.165, 1.54) is 38.5 Å². The molecule has 0 aromatic heterocycles. The SMILES string of the molecule is COc1ccc(C(OC(=O)c2c(F)c(F)c(F)c(F)c2F)c2ccc(OC)cc2)cc1. The molecule has 0 spiro atoms. The molecular weight excluding hydrogens is 423 g/mol. The molecule has 0 heterocycles. The molecule has 162 valence electrons. The second kappa shape index (κ2) is 9.03. The van der Waals surface area contributed by atoms with Crippen molar-refractivity contribution in [2.75, 3.05) is 14.2 Å². The van der Waals surface area contributed by atoms with Crippen molar-refractivity contribution in [1.29, 1.82) is 0 Å². The van der Waals surface area contributed by atoms with E-state index < -0.39 is 46.7 Å². The highest BCUT2D eigenvalue weighted by Crippen LogP contribution is 2.31. The number of hydrogen-bond acceptors (Lipinski definition) is 4. The Morgan fingerprint density at radius 2 is 1.00 bits per heavy atom. The molecule has 0 N–H and O–H groups in total. The lowest BCUT2D eigenvalue weighted by molar-refractivity contribution is 0.0363. The lowest BCUT2D eigenvalue weighted by Gasteiger charge is -2.20. The zero-order valence-electron chi connectivity index (χ0n) is 16.2. The molecular formula is C22H15F5O4. The van der Waals surface area contributed by atoms with Crippen molar-refractivity contribution in [2.24, 2.45) is 0 Å². The zero-order chi connectivity index (χ0) is 22.7. The fourth-order valence-corrected chi connectivity index (χ4v) is 2.84. The Hall–Kier alpha value is -3.62. The first-order chi connectivity index (χ1) is 14.8. The fraction of sp³-hybridized carbons (Fsp3) is 0.136. The van der Waals surface area contributed by atoms with Gasteiger partial charge in [0.1, 0.15) is 17.1 Å². The second-order valence-corrected chi connectivity index (χ2v) is 6.28. The van der Waals surface area contributed by atoms with E-state index in [1.807, 2.05) is 0 Å². The number of halogens is 5. The summed E-state index contributed by atoms with van der Waals surface area (Å²) in [4.78, 5) is 12.5. The number of carbonyl (C=O) groups excluding carboxylic acids is 1. The average Bonchev–Trinajstić information content (AvgIpc) is 2.80. The average molecular weight is 438 g/mol. The summed E-state index contributed by atoms with van der Waals surface area (Å²) >= 11 is 0. The Morgan fingerprint density at radius 1 is 0.645 bits per heavy atom. The third-order valence-electron chi connectivity index (χ3n) is 4.48. The van der Waals surface area contributed by atoms with Crippen LogP contribution >= 0.6 is 0 Å². The Balaban J connectivity index is 2.05. The predicted octanol–water partition coefficient (Wildman–Crippen LogP) is 5.35. The van der Waals surface area contributed by atoms with Crippen LogP contribution in [-0.2, 0) is 4.74 Å². The first kappa shape index (κ1) is 22.1. The Morgan fingerprint density at radius 3 is 1.35 bits per heavy atom. The van der Waals surface area contributed by atoms with Gasteiger partial charge in [0.2, 0.25) is 5.82 Å². The molecule has 0 saturated carbocycles. The third-order valence-corrected chi connectivity index (χ3v) is 4.48. The normalized spacial score (nSPS) is 10.8. The van der Waals surface area contributed by atoms with Gasteiger partial charge in [-0.1, -0.05) is 24.3 Å². The van der Waals surface area contributed by atoms with Crippen molar-refractivity contribution < 1.29 is 41.0 Å². The van der Waals surface area contributed by atoms with E-state index in [9.17, 15) is 26.7 Å². The van der Waals surface area contributed by atoms with Crippen LogP contribution in [0.25, 0.3) is 0 Å². The van der Waals surface area contributed by atoms with Gasteiger partial charge in [0.15, 0.2) is 29.4 Å². The van der Waals surface area contributed by atoms with Gasteiger partial charge in [-0.3, -0.25) is 0 Å². The topological polar surface area (TPSA) is 44.8 Å². The minimum absolute atomic E-state index is 0.364. The molecule has 0 saturated heterocycles. The molecule has 3 aromatic carbocycles. The van der Waals surface area contributed by atoms with Crippen molar-refractivity contribution in [3.05, 3.63) is 94.3 Å². The molecule has 0 aliphatic heterocycles. The van der Waals surface area contributed by atoms with E-state index >= 15 is 0 Å². The fourth-order valence-electron chi connectivity index (χ4n) is 2.84. The maximum atomic E-state index is 14.1. The van der Waals surface area contributed by atoms with Gasteiger partial charge < -0.3 is 14.2 Å². The number of hydrogen-bond donors (Lipinski definition) is 0. The summed E-state index contributed by atoms with van der Waals surface area (Å²) in [6, 6.07) is 12.3. The van der Waals surface area contributed by atoms with Crippen LogP contribution < -0.4 is 9.47 Å². The van der Waals surface area contributed by atoms with E-state index in [1.54, 1.807) is 24.3 Å². The van der Waals surface area contributed by atoms with Crippen LogP contribution in [-0.4, -0.2) is 20.2 Å². The second-order valence-electron chi connectivity index (χ2n) is 6.28. The smallest absolute Gasteiger partial charge is 0.345 e. The van der Waals surface area contributed by atoms with Gasteiger partial charge in [-0.2, -0.15) is 0 Å². The van der Waals surface area contributed by atoms with Crippen LogP contribution in [0, 0.1) is 29.1 Å². The number of rotatable bonds is 6. The Kier molecular flexibility index (Phi) is 6.43. The molecule has 3 aromatic rings. The van der Waals surface area contributed by atoms with E-state index in [2.05, 4.69) is 0 Å². The van der Waals surface area contributed by atoms with Crippen molar-refractivity contribution in [3.8, 4) is 11.5 Å². The minimum Gasteiger partial charge on any atom is -0.497 e. The minimum atomic E-state index is -2.37. The summed E-state index contributed by atoms with van der Waals surface area (Å²) in [6.45, 7) is 0. The number of methoxy groups -OCH3 is 2. The third kappa shape index (κ3) is 4.30. The van der Waals surface area contributed by atoms with Gasteiger partial charge in [0.25, 0.3) is 0 Å². The Labute approximate surface area is 173 Å². The predicted molar refractivity (Wildman–Crippen MR) is 99.5 cm³/mol. The number of esters is 1. The van der Waals surface area contributed by atoms with Gasteiger partial charge in [-0.25, -0.2) is 26.7 Å². The first-order valence-corrected chi connectivity index (χ1v) is 8.78. The van der Waals surface area contributed by atoms with Gasteiger partial charge in [-0.15, -0.1) is 0 Å². The highest BCUT2D eigenvalue weighted by molar-refractivity contribution is 5.90. The molecule has 0 unspecified atom stereocenters. The monoisotopic (exact) mass is 438 g/mol. The van der Waals surface area contributed by atoms with Crippen LogP contribution in [0.15, 0.2) is 48.5 Å². The summed E-state index contributed by atoms with van der Waals surface area (Å²) in [5, 5.41) is 0. The summed E-state index contributed by atoms with van der Waals surface area (Å²) in [6.07, 6.45) is -1.22. The van der Waals surface area contributed by atoms with Gasteiger partial charge in [0.05, 0.1) is 14.2 Å². The molecule has 4 nitrogen and oxygen atoms in total. The highest BCUT2D eigenvalue weighted by atomic mass is 19.2. The van der Waals surface area contributed by atoms with Crippen molar-refractivity contribution in [2.45, 2.75) is 6.10 Å². The molecule has 0 fully saturated rings. The van der Waals surface area contributed by atoms with E-state index in [0.29, 0.717) is 22.6 Å². The first-order valence-electron chi connectivity index (χ1n) is 8.78. The zero-order valence-corrected chi connectivity index (χ0v) is 16.2. The summed E-state index contributed by atoms with van der Waals surface area (Å²) in [7, 11) is 2.89. The number of benzene rings is 3. The van der Waals surface area contributed by atoms with Crippen LogP contribution in [0.1, 0.15) is 27.6 Å². The van der Waals surface area contributed by atoms with E-state index in [0.717, 1.165) is 0 Å². The van der Waals surface area contributed by atoms with Crippen molar-refractivity contribution >= 4 is 5.97 Å². The Bertz CT molecular complexity index is 1020. The summed E-state index contributed by atoms with van der Waals surface area (Å²) in [5.74, 6) is -12.1. The van der Waals surface area contributed by atoms with Crippen molar-refractivity contribution in [3.63, 3.8) is 0 Å². The van der Waals surface area contributed by atoms with Crippen LogP contribution in [0.4, 0.5) is 22.0 Å². The molecule has 0 radical (unpaired) electrons. The van der Waals surface area contributed by atoms with Crippen LogP contribution in [0.5, 0.6) is 11.5 Å². The van der Waals surface area contributed by atoms with E-state index in [-0.39, 0.29) is 0 Å². The number of ether oxygens (including phenoxy) is 3. The lowest BCUT2D eigenvalue weighted by atomic mass is 10.0.